The minimum absolute atomic E-state index is 0.0969. The van der Waals surface area contributed by atoms with Crippen LogP contribution in [0.4, 0.5) is 45.9 Å². The monoisotopic (exact) mass is 1170 g/mol. The van der Waals surface area contributed by atoms with Gasteiger partial charge in [-0.15, -0.1) is 0 Å². The van der Waals surface area contributed by atoms with Gasteiger partial charge >= 0.3 is 5.97 Å². The number of nitrogen functional groups attached to an aromatic ring is 2. The van der Waals surface area contributed by atoms with Crippen molar-refractivity contribution < 1.29 is 24.3 Å². The second kappa shape index (κ2) is 30.7. The predicted molar refractivity (Wildman–Crippen MR) is 315 cm³/mol. The summed E-state index contributed by atoms with van der Waals surface area (Å²) in [5.41, 5.74) is 19.6. The van der Waals surface area contributed by atoms with Gasteiger partial charge in [-0.05, 0) is 141 Å². The zero-order valence-electron chi connectivity index (χ0n) is 42.9. The topological polar surface area (TPSA) is 277 Å². The fraction of sp³-hybridized carbons (Fsp3) is 0.130. The molecule has 24 heteroatoms. The second-order valence-electron chi connectivity index (χ2n) is 16.2. The fourth-order valence-corrected chi connectivity index (χ4v) is 7.58. The number of nitrogens with two attached hydrogens (primary N) is 2. The first kappa shape index (κ1) is 62.6. The number of carbonyl (C=O) groups is 4. The van der Waals surface area contributed by atoms with Gasteiger partial charge in [0.1, 0.15) is 27.8 Å². The van der Waals surface area contributed by atoms with Crippen molar-refractivity contribution in [2.75, 3.05) is 48.6 Å². The third-order valence-electron chi connectivity index (χ3n) is 10.4. The zero-order valence-corrected chi connectivity index (χ0v) is 47.4. The Labute approximate surface area is 480 Å². The quantitative estimate of drug-likeness (QED) is 0.0455. The van der Waals surface area contributed by atoms with Crippen LogP contribution in [0.15, 0.2) is 128 Å². The molecule has 0 spiro atoms. The number of aromatic nitrogens is 5. The molecule has 8 aromatic rings. The van der Waals surface area contributed by atoms with E-state index in [1.807, 2.05) is 70.2 Å². The number of aromatic carboxylic acids is 1. The summed E-state index contributed by atoms with van der Waals surface area (Å²) in [6, 6.07) is 27.5. The van der Waals surface area contributed by atoms with E-state index in [-0.39, 0.29) is 28.4 Å². The second-order valence-corrected chi connectivity index (χ2v) is 18.7. The molecule has 0 saturated heterocycles. The summed E-state index contributed by atoms with van der Waals surface area (Å²) < 4.78 is 0. The highest BCUT2D eigenvalue weighted by molar-refractivity contribution is 6.36. The molecule has 0 saturated carbocycles. The molecule has 3 aromatic carbocycles. The summed E-state index contributed by atoms with van der Waals surface area (Å²) in [6.07, 6.45) is 7.29. The molecular formula is C54H53Cl6N13O5. The van der Waals surface area contributed by atoms with Crippen LogP contribution in [0.25, 0.3) is 0 Å². The number of aryl methyl sites for hydroxylation is 4. The van der Waals surface area contributed by atoms with Gasteiger partial charge in [0.05, 0.1) is 38.7 Å². The average Bonchev–Trinajstić information content (AvgIpc) is 3.40. The molecule has 78 heavy (non-hydrogen) atoms. The lowest BCUT2D eigenvalue weighted by Crippen LogP contribution is -2.19. The summed E-state index contributed by atoms with van der Waals surface area (Å²) in [5.74, 6) is -0.568. The number of nitrogens with one attached hydrogen (secondary N) is 6. The first-order valence-corrected chi connectivity index (χ1v) is 25.1. The van der Waals surface area contributed by atoms with Gasteiger partial charge in [-0.3, -0.25) is 14.4 Å². The van der Waals surface area contributed by atoms with Crippen LogP contribution in [0.3, 0.4) is 0 Å². The summed E-state index contributed by atoms with van der Waals surface area (Å²) in [4.78, 5) is 66.1. The molecule has 0 atom stereocenters. The highest BCUT2D eigenvalue weighted by Crippen LogP contribution is 2.30. The first-order valence-electron chi connectivity index (χ1n) is 22.9. The molecule has 0 aliphatic carbocycles. The Bertz CT molecular complexity index is 3390. The van der Waals surface area contributed by atoms with Gasteiger partial charge in [0.25, 0.3) is 17.7 Å². The zero-order chi connectivity index (χ0) is 57.6. The number of hydrogen-bond donors (Lipinski definition) is 9. The maximum Gasteiger partial charge on any atom is 0.335 e. The summed E-state index contributed by atoms with van der Waals surface area (Å²) in [7, 11) is 4.62. The Balaban J connectivity index is 0.000000230. The van der Waals surface area contributed by atoms with E-state index in [4.69, 9.17) is 86.2 Å². The molecule has 0 aliphatic rings. The van der Waals surface area contributed by atoms with Gasteiger partial charge in [0, 0.05) is 90.3 Å². The van der Waals surface area contributed by atoms with E-state index in [2.05, 4.69) is 56.8 Å². The minimum atomic E-state index is -1.06. The van der Waals surface area contributed by atoms with Crippen LogP contribution in [0.1, 0.15) is 63.7 Å². The van der Waals surface area contributed by atoms with Crippen LogP contribution in [0, 0.1) is 27.7 Å². The maximum absolute atomic E-state index is 12.2. The summed E-state index contributed by atoms with van der Waals surface area (Å²) in [6.45, 7) is 7.74. The SMILES string of the molecule is CNC(=O)c1cnc(Cl)cc1Cl.CNC(=O)c1cnc(Cl)cc1Nc1ccc(Cl)cc1C.CNC(=O)c1cnc(Nc2cc(C(=O)O)ccn2)cc1Nc1ccc(Cl)cc1C.Cc1cc(Cl)ccc1N.Cc1ccnc(N)c1. The number of rotatable bonds is 10. The number of nitrogens with zero attached hydrogens (tertiary/aromatic N) is 5. The fourth-order valence-electron chi connectivity index (χ4n) is 6.29. The Morgan fingerprint density at radius 2 is 0.923 bits per heavy atom. The Kier molecular flexibility index (Phi) is 24.6. The molecule has 5 heterocycles. The number of amides is 3. The molecule has 0 fully saturated rings. The van der Waals surface area contributed by atoms with Crippen molar-refractivity contribution in [2.45, 2.75) is 27.7 Å². The van der Waals surface area contributed by atoms with Gasteiger partial charge in [0.15, 0.2) is 0 Å². The van der Waals surface area contributed by atoms with Crippen LogP contribution in [0.2, 0.25) is 30.4 Å². The number of carboxylic acids is 1. The van der Waals surface area contributed by atoms with E-state index >= 15 is 0 Å². The van der Waals surface area contributed by atoms with Gasteiger partial charge in [-0.1, -0.05) is 69.6 Å². The Morgan fingerprint density at radius 3 is 1.38 bits per heavy atom. The Hall–Kier alpha value is -7.97. The van der Waals surface area contributed by atoms with E-state index < -0.39 is 5.97 Å². The number of benzene rings is 3. The van der Waals surface area contributed by atoms with Crippen LogP contribution in [0.5, 0.6) is 0 Å². The molecule has 11 N–H and O–H groups in total. The van der Waals surface area contributed by atoms with Crippen molar-refractivity contribution in [3.8, 4) is 0 Å². The highest BCUT2D eigenvalue weighted by Gasteiger charge is 2.16. The highest BCUT2D eigenvalue weighted by atomic mass is 35.5. The molecule has 3 amide bonds. The van der Waals surface area contributed by atoms with E-state index in [9.17, 15) is 19.2 Å². The number of hydrogen-bond acceptors (Lipinski definition) is 14. The van der Waals surface area contributed by atoms with E-state index in [0.717, 1.165) is 44.3 Å². The molecule has 18 nitrogen and oxygen atoms in total. The van der Waals surface area contributed by atoms with E-state index in [1.54, 1.807) is 49.6 Å². The predicted octanol–water partition coefficient (Wildman–Crippen LogP) is 12.7. The number of pyridine rings is 5. The molecule has 0 unspecified atom stereocenters. The van der Waals surface area contributed by atoms with Gasteiger partial charge in [-0.2, -0.15) is 0 Å². The summed E-state index contributed by atoms with van der Waals surface area (Å²) >= 11 is 34.7. The largest absolute Gasteiger partial charge is 0.478 e. The van der Waals surface area contributed by atoms with Crippen LogP contribution in [-0.4, -0.2) is 74.9 Å². The number of carbonyl (C=O) groups excluding carboxylic acids is 3. The van der Waals surface area contributed by atoms with Gasteiger partial charge < -0.3 is 48.5 Å². The lowest BCUT2D eigenvalue weighted by Gasteiger charge is -2.15. The van der Waals surface area contributed by atoms with Gasteiger partial charge in [-0.25, -0.2) is 29.7 Å². The van der Waals surface area contributed by atoms with Crippen molar-refractivity contribution >= 4 is 139 Å². The smallest absolute Gasteiger partial charge is 0.335 e. The standard InChI is InChI=1S/C20H18ClN5O3.C14H13Cl2N3O.C7H6Cl2N2O.C7H8ClN.C6H8N2/c1-11-7-13(21)3-4-15(11)25-16-9-18(24-10-14(16)19(27)22-2)26-17-8-12(20(28)29)5-6-23-17;1-8-5-9(15)3-4-11(8)19-12-6-13(16)18-7-10(12)14(20)17-2;1-10-7(12)4-3-11-6(9)2-5(4)8;1-5-4-6(8)2-3-7(5)9;1-5-2-3-8-6(7)4-5/h3-10H,1-2H3,(H,22,27)(H,28,29)(H2,23,24,25,26);3-7H,1-2H3,(H,17,20)(H,18,19);2-3H,1H3,(H,10,12);2-4H,9H2,1H3;2-4H,1H3,(H2,7,8). The van der Waals surface area contributed by atoms with Crippen molar-refractivity contribution in [2.24, 2.45) is 0 Å². The third kappa shape index (κ3) is 19.9. The molecule has 8 rings (SSSR count). The molecular weight excluding hydrogens is 1120 g/mol. The molecule has 5 aromatic heterocycles. The van der Waals surface area contributed by atoms with Crippen LogP contribution < -0.4 is 43.4 Å². The van der Waals surface area contributed by atoms with Crippen molar-refractivity contribution in [3.63, 3.8) is 0 Å². The van der Waals surface area contributed by atoms with Gasteiger partial charge in [0.2, 0.25) is 0 Å². The van der Waals surface area contributed by atoms with Crippen molar-refractivity contribution in [1.29, 1.82) is 0 Å². The molecule has 0 radical (unpaired) electrons. The average molecular weight is 1180 g/mol. The number of halogens is 6. The summed E-state index contributed by atoms with van der Waals surface area (Å²) in [5, 5.41) is 29.0. The number of anilines is 8. The van der Waals surface area contributed by atoms with Crippen LogP contribution in [-0.2, 0) is 0 Å². The number of carboxylic acid groups (broad SMARTS) is 1. The van der Waals surface area contributed by atoms with E-state index in [1.165, 1.54) is 57.1 Å². The lowest BCUT2D eigenvalue weighted by atomic mass is 10.1. The maximum atomic E-state index is 12.2. The molecule has 406 valence electrons. The third-order valence-corrected chi connectivity index (χ3v) is 11.8. The Morgan fingerprint density at radius 1 is 0.462 bits per heavy atom. The molecule has 0 aliphatic heterocycles. The van der Waals surface area contributed by atoms with E-state index in [0.29, 0.717) is 65.7 Å². The lowest BCUT2D eigenvalue weighted by molar-refractivity contribution is 0.0696. The first-order chi connectivity index (χ1) is 37.0. The van der Waals surface area contributed by atoms with Crippen molar-refractivity contribution in [3.05, 3.63) is 203 Å². The van der Waals surface area contributed by atoms with Crippen molar-refractivity contribution in [1.82, 2.24) is 40.9 Å². The minimum Gasteiger partial charge on any atom is -0.478 e. The normalized spacial score (nSPS) is 9.96. The molecule has 0 bridgehead atoms. The van der Waals surface area contributed by atoms with Crippen LogP contribution >= 0.6 is 69.6 Å².